The Bertz CT molecular complexity index is 791. The highest BCUT2D eigenvalue weighted by Crippen LogP contribution is 2.39. The molecule has 4 nitrogen and oxygen atoms in total. The highest BCUT2D eigenvalue weighted by molar-refractivity contribution is 8.00. The summed E-state index contributed by atoms with van der Waals surface area (Å²) in [5.74, 6) is -0.241. The molecule has 1 unspecified atom stereocenters. The summed E-state index contributed by atoms with van der Waals surface area (Å²) in [5, 5.41) is 9.18. The molecular formula is C19H19N3OS. The number of carbonyl (C=O) groups is 1. The number of benzene rings is 2. The molecule has 0 aliphatic carbocycles. The molecule has 1 aliphatic rings. The second kappa shape index (κ2) is 6.93. The van der Waals surface area contributed by atoms with E-state index in [9.17, 15) is 4.79 Å². The van der Waals surface area contributed by atoms with Gasteiger partial charge in [0.2, 0.25) is 0 Å². The molecule has 122 valence electrons. The number of hydrogen-bond acceptors (Lipinski definition) is 4. The number of carbonyl (C=O) groups excluding carboxylic acids is 1. The number of hydrazone groups is 1. The van der Waals surface area contributed by atoms with Crippen molar-refractivity contribution in [3.63, 3.8) is 0 Å². The molecule has 5 heteroatoms. The van der Waals surface area contributed by atoms with Crippen molar-refractivity contribution in [1.82, 2.24) is 5.01 Å². The van der Waals surface area contributed by atoms with Gasteiger partial charge in [-0.3, -0.25) is 4.79 Å². The first kappa shape index (κ1) is 16.3. The molecular weight excluding hydrogens is 318 g/mol. The number of fused-ring (bicyclic) bond motifs is 1. The Morgan fingerprint density at radius 2 is 2.08 bits per heavy atom. The highest BCUT2D eigenvalue weighted by atomic mass is 32.2. The lowest BCUT2D eigenvalue weighted by molar-refractivity contribution is -0.126. The Kier molecular flexibility index (Phi) is 4.71. The summed E-state index contributed by atoms with van der Waals surface area (Å²) < 4.78 is 0. The van der Waals surface area contributed by atoms with E-state index in [1.165, 1.54) is 11.1 Å². The van der Waals surface area contributed by atoms with Crippen LogP contribution in [0.25, 0.3) is 0 Å². The van der Waals surface area contributed by atoms with Gasteiger partial charge >= 0.3 is 0 Å². The molecule has 1 aliphatic heterocycles. The quantitative estimate of drug-likeness (QED) is 0.518. The van der Waals surface area contributed by atoms with Crippen molar-refractivity contribution in [3.8, 4) is 0 Å². The van der Waals surface area contributed by atoms with Crippen molar-refractivity contribution in [1.29, 1.82) is 0 Å². The standard InChI is InChI=1S/C19H19N3OS/c1-4-18(23)22(19-21-16-7-5-6-8-17(16)24-19)20-12-15-11-13(2)9-10-14(15)3/h4-12,19,21H,1H2,2-3H3/b20-12+. The van der Waals surface area contributed by atoms with Gasteiger partial charge in [0.05, 0.1) is 11.9 Å². The number of rotatable bonds is 4. The highest BCUT2D eigenvalue weighted by Gasteiger charge is 2.29. The molecule has 0 aromatic heterocycles. The molecule has 24 heavy (non-hydrogen) atoms. The average Bonchev–Trinajstić information content (AvgIpc) is 3.01. The van der Waals surface area contributed by atoms with Gasteiger partial charge in [-0.2, -0.15) is 10.1 Å². The fraction of sp³-hybridized carbons (Fsp3) is 0.158. The van der Waals surface area contributed by atoms with Crippen LogP contribution in [-0.2, 0) is 4.79 Å². The van der Waals surface area contributed by atoms with Gasteiger partial charge in [-0.1, -0.05) is 54.2 Å². The molecule has 1 atom stereocenters. The van der Waals surface area contributed by atoms with E-state index < -0.39 is 0 Å². The molecule has 2 aromatic carbocycles. The molecule has 0 fully saturated rings. The maximum absolute atomic E-state index is 12.3. The van der Waals surface area contributed by atoms with Crippen molar-refractivity contribution < 1.29 is 4.79 Å². The van der Waals surface area contributed by atoms with Gasteiger partial charge < -0.3 is 5.32 Å². The second-order valence-corrected chi connectivity index (χ2v) is 6.72. The number of para-hydroxylation sites is 1. The topological polar surface area (TPSA) is 44.7 Å². The summed E-state index contributed by atoms with van der Waals surface area (Å²) in [6.07, 6.45) is 3.01. The van der Waals surface area contributed by atoms with Gasteiger partial charge in [0.15, 0.2) is 5.50 Å². The van der Waals surface area contributed by atoms with Crippen LogP contribution in [0.4, 0.5) is 5.69 Å². The van der Waals surface area contributed by atoms with E-state index in [1.54, 1.807) is 18.0 Å². The third kappa shape index (κ3) is 3.36. The molecule has 0 bridgehead atoms. The predicted octanol–water partition coefficient (Wildman–Crippen LogP) is 4.15. The Balaban J connectivity index is 1.86. The maximum atomic E-state index is 12.3. The van der Waals surface area contributed by atoms with E-state index in [4.69, 9.17) is 0 Å². The van der Waals surface area contributed by atoms with Crippen LogP contribution in [0, 0.1) is 13.8 Å². The Hall–Kier alpha value is -2.53. The number of thioether (sulfide) groups is 1. The summed E-state index contributed by atoms with van der Waals surface area (Å²) in [4.78, 5) is 13.4. The molecule has 0 saturated heterocycles. The lowest BCUT2D eigenvalue weighted by atomic mass is 10.1. The number of nitrogens with zero attached hydrogens (tertiary/aromatic N) is 2. The van der Waals surface area contributed by atoms with Crippen LogP contribution in [-0.4, -0.2) is 22.6 Å². The molecule has 0 saturated carbocycles. The zero-order chi connectivity index (χ0) is 17.1. The second-order valence-electron chi connectivity index (χ2n) is 5.60. The van der Waals surface area contributed by atoms with Crippen molar-refractivity contribution in [2.45, 2.75) is 24.2 Å². The first-order valence-electron chi connectivity index (χ1n) is 7.67. The first-order chi connectivity index (χ1) is 11.6. The van der Waals surface area contributed by atoms with E-state index in [0.29, 0.717) is 0 Å². The van der Waals surface area contributed by atoms with Crippen molar-refractivity contribution in [2.24, 2.45) is 5.10 Å². The van der Waals surface area contributed by atoms with Crippen LogP contribution < -0.4 is 5.32 Å². The average molecular weight is 337 g/mol. The third-order valence-corrected chi connectivity index (χ3v) is 4.93. The van der Waals surface area contributed by atoms with Crippen molar-refractivity contribution in [2.75, 3.05) is 5.32 Å². The van der Waals surface area contributed by atoms with E-state index >= 15 is 0 Å². The predicted molar refractivity (Wildman–Crippen MR) is 100 cm³/mol. The molecule has 2 aromatic rings. The minimum absolute atomic E-state index is 0.241. The minimum atomic E-state index is -0.283. The molecule has 1 N–H and O–H groups in total. The van der Waals surface area contributed by atoms with Gasteiger partial charge in [0, 0.05) is 4.90 Å². The van der Waals surface area contributed by atoms with E-state index in [1.807, 2.05) is 38.1 Å². The zero-order valence-electron chi connectivity index (χ0n) is 13.7. The van der Waals surface area contributed by atoms with Crippen LogP contribution in [0.5, 0.6) is 0 Å². The van der Waals surface area contributed by atoms with E-state index in [-0.39, 0.29) is 11.4 Å². The Labute approximate surface area is 146 Å². The van der Waals surface area contributed by atoms with Crippen LogP contribution in [0.3, 0.4) is 0 Å². The van der Waals surface area contributed by atoms with Crippen LogP contribution >= 0.6 is 11.8 Å². The fourth-order valence-corrected chi connectivity index (χ4v) is 3.53. The van der Waals surface area contributed by atoms with Crippen molar-refractivity contribution >= 4 is 29.6 Å². The van der Waals surface area contributed by atoms with E-state index in [2.05, 4.69) is 35.2 Å². The third-order valence-electron chi connectivity index (χ3n) is 3.78. The van der Waals surface area contributed by atoms with Gasteiger partial charge in [-0.15, -0.1) is 0 Å². The summed E-state index contributed by atoms with van der Waals surface area (Å²) in [5.41, 5.74) is 4.00. The fourth-order valence-electron chi connectivity index (χ4n) is 2.43. The van der Waals surface area contributed by atoms with Gasteiger partial charge in [0.25, 0.3) is 5.91 Å². The monoisotopic (exact) mass is 337 g/mol. The Morgan fingerprint density at radius 1 is 1.29 bits per heavy atom. The smallest absolute Gasteiger partial charge is 0.268 e. The number of amides is 1. The molecule has 1 amide bonds. The lowest BCUT2D eigenvalue weighted by Crippen LogP contribution is -2.36. The number of nitrogens with one attached hydrogen (secondary N) is 1. The largest absolute Gasteiger partial charge is 0.354 e. The van der Waals surface area contributed by atoms with Gasteiger partial charge in [-0.25, -0.2) is 0 Å². The number of hydrogen-bond donors (Lipinski definition) is 1. The minimum Gasteiger partial charge on any atom is -0.354 e. The molecule has 1 heterocycles. The maximum Gasteiger partial charge on any atom is 0.268 e. The van der Waals surface area contributed by atoms with Crippen LogP contribution in [0.15, 0.2) is 65.1 Å². The lowest BCUT2D eigenvalue weighted by Gasteiger charge is -2.22. The SMILES string of the molecule is C=CC(=O)N(/N=C/c1cc(C)ccc1C)C1Nc2ccccc2S1. The molecule has 3 rings (SSSR count). The van der Waals surface area contributed by atoms with Crippen LogP contribution in [0.2, 0.25) is 0 Å². The van der Waals surface area contributed by atoms with Gasteiger partial charge in [-0.05, 0) is 43.2 Å². The summed E-state index contributed by atoms with van der Waals surface area (Å²) in [6.45, 7) is 7.65. The molecule has 0 spiro atoms. The number of anilines is 1. The van der Waals surface area contributed by atoms with Gasteiger partial charge in [0.1, 0.15) is 0 Å². The normalized spacial score (nSPS) is 15.8. The summed E-state index contributed by atoms with van der Waals surface area (Å²) in [6, 6.07) is 14.1. The number of aryl methyl sites for hydroxylation is 2. The van der Waals surface area contributed by atoms with E-state index in [0.717, 1.165) is 27.3 Å². The van der Waals surface area contributed by atoms with Crippen molar-refractivity contribution in [3.05, 3.63) is 71.8 Å². The summed E-state index contributed by atoms with van der Waals surface area (Å²) >= 11 is 1.56. The first-order valence-corrected chi connectivity index (χ1v) is 8.55. The van der Waals surface area contributed by atoms with Crippen LogP contribution in [0.1, 0.15) is 16.7 Å². The Morgan fingerprint density at radius 3 is 2.83 bits per heavy atom. The zero-order valence-corrected chi connectivity index (χ0v) is 14.5. The molecule has 0 radical (unpaired) electrons. The summed E-state index contributed by atoms with van der Waals surface area (Å²) in [7, 11) is 0.